The summed E-state index contributed by atoms with van der Waals surface area (Å²) >= 11 is 0. The topological polar surface area (TPSA) is 54.7 Å². The number of hydrogen-bond acceptors (Lipinski definition) is 2. The van der Waals surface area contributed by atoms with Gasteiger partial charge in [-0.25, -0.2) is 4.98 Å². The molecule has 3 heteroatoms. The van der Waals surface area contributed by atoms with Gasteiger partial charge in [-0.3, -0.25) is 0 Å². The van der Waals surface area contributed by atoms with Gasteiger partial charge in [0.15, 0.2) is 0 Å². The first-order valence-electron chi connectivity index (χ1n) is 4.11. The van der Waals surface area contributed by atoms with E-state index in [1.54, 1.807) is 12.5 Å². The van der Waals surface area contributed by atoms with E-state index in [-0.39, 0.29) is 0 Å². The Kier molecular flexibility index (Phi) is 1.77. The Balaban J connectivity index is 2.53. The van der Waals surface area contributed by atoms with Crippen LogP contribution < -0.4 is 5.73 Å². The van der Waals surface area contributed by atoms with E-state index in [1.807, 2.05) is 19.1 Å². The minimum absolute atomic E-state index is 0.782. The Bertz CT molecular complexity index is 384. The molecule has 2 aromatic rings. The molecule has 0 fully saturated rings. The van der Waals surface area contributed by atoms with E-state index in [0.29, 0.717) is 0 Å². The SMILES string of the molecule is Cc1cc(N)cc(-c2cnc[nH]2)c1. The summed E-state index contributed by atoms with van der Waals surface area (Å²) in [6.45, 7) is 2.02. The maximum atomic E-state index is 5.73. The molecule has 0 radical (unpaired) electrons. The van der Waals surface area contributed by atoms with Crippen LogP contribution in [-0.2, 0) is 0 Å². The number of hydrogen-bond donors (Lipinski definition) is 2. The lowest BCUT2D eigenvalue weighted by Gasteiger charge is -2.01. The Labute approximate surface area is 76.6 Å². The van der Waals surface area contributed by atoms with Crippen molar-refractivity contribution in [3.63, 3.8) is 0 Å². The highest BCUT2D eigenvalue weighted by molar-refractivity contribution is 5.64. The molecule has 0 atom stereocenters. The summed E-state index contributed by atoms with van der Waals surface area (Å²) in [6, 6.07) is 5.95. The van der Waals surface area contributed by atoms with E-state index in [9.17, 15) is 0 Å². The number of imidazole rings is 1. The molecule has 0 saturated heterocycles. The Hall–Kier alpha value is -1.77. The average molecular weight is 173 g/mol. The van der Waals surface area contributed by atoms with E-state index < -0.39 is 0 Å². The summed E-state index contributed by atoms with van der Waals surface area (Å²) in [5.41, 5.74) is 9.74. The van der Waals surface area contributed by atoms with Crippen LogP contribution >= 0.6 is 0 Å². The van der Waals surface area contributed by atoms with Crippen LogP contribution in [0.3, 0.4) is 0 Å². The van der Waals surface area contributed by atoms with Gasteiger partial charge in [0.2, 0.25) is 0 Å². The molecule has 0 aliphatic carbocycles. The molecular weight excluding hydrogens is 162 g/mol. The normalized spacial score (nSPS) is 10.2. The molecule has 66 valence electrons. The van der Waals surface area contributed by atoms with E-state index in [2.05, 4.69) is 16.0 Å². The number of anilines is 1. The maximum absolute atomic E-state index is 5.73. The molecule has 1 heterocycles. The Morgan fingerprint density at radius 3 is 2.77 bits per heavy atom. The molecule has 1 aromatic carbocycles. The second-order valence-corrected chi connectivity index (χ2v) is 3.10. The summed E-state index contributed by atoms with van der Waals surface area (Å²) in [4.78, 5) is 7.00. The number of H-pyrrole nitrogens is 1. The van der Waals surface area contributed by atoms with Crippen LogP contribution in [0.4, 0.5) is 5.69 Å². The van der Waals surface area contributed by atoms with Gasteiger partial charge >= 0.3 is 0 Å². The predicted octanol–water partition coefficient (Wildman–Crippen LogP) is 1.97. The minimum Gasteiger partial charge on any atom is -0.399 e. The molecule has 0 unspecified atom stereocenters. The van der Waals surface area contributed by atoms with Gasteiger partial charge in [0.05, 0.1) is 18.2 Å². The van der Waals surface area contributed by atoms with Crippen LogP contribution in [0, 0.1) is 6.92 Å². The lowest BCUT2D eigenvalue weighted by Crippen LogP contribution is -1.87. The summed E-state index contributed by atoms with van der Waals surface area (Å²) in [5, 5.41) is 0. The van der Waals surface area contributed by atoms with Gasteiger partial charge < -0.3 is 10.7 Å². The fourth-order valence-electron chi connectivity index (χ4n) is 1.38. The van der Waals surface area contributed by atoms with E-state index in [1.165, 1.54) is 0 Å². The standard InChI is InChI=1S/C10H11N3/c1-7-2-8(4-9(11)3-7)10-5-12-6-13-10/h2-6H,11H2,1H3,(H,12,13). The van der Waals surface area contributed by atoms with Crippen molar-refractivity contribution in [3.8, 4) is 11.3 Å². The summed E-state index contributed by atoms with van der Waals surface area (Å²) < 4.78 is 0. The first-order valence-corrected chi connectivity index (χ1v) is 4.11. The van der Waals surface area contributed by atoms with Crippen molar-refractivity contribution >= 4 is 5.69 Å². The third kappa shape index (κ3) is 1.54. The van der Waals surface area contributed by atoms with Crippen LogP contribution in [0.25, 0.3) is 11.3 Å². The zero-order valence-corrected chi connectivity index (χ0v) is 7.41. The molecule has 0 amide bonds. The first kappa shape index (κ1) is 7.86. The lowest BCUT2D eigenvalue weighted by molar-refractivity contribution is 1.31. The molecule has 0 aliphatic rings. The summed E-state index contributed by atoms with van der Waals surface area (Å²) in [5.74, 6) is 0. The molecule has 0 spiro atoms. The van der Waals surface area contributed by atoms with Crippen molar-refractivity contribution in [2.45, 2.75) is 6.92 Å². The van der Waals surface area contributed by atoms with Gasteiger partial charge in [-0.15, -0.1) is 0 Å². The maximum Gasteiger partial charge on any atom is 0.0924 e. The number of nitrogens with one attached hydrogen (secondary N) is 1. The fourth-order valence-corrected chi connectivity index (χ4v) is 1.38. The number of nitrogen functional groups attached to an aromatic ring is 1. The zero-order valence-electron chi connectivity index (χ0n) is 7.41. The van der Waals surface area contributed by atoms with Crippen LogP contribution in [0.5, 0.6) is 0 Å². The first-order chi connectivity index (χ1) is 6.25. The largest absolute Gasteiger partial charge is 0.399 e. The zero-order chi connectivity index (χ0) is 9.26. The molecule has 0 bridgehead atoms. The molecule has 0 saturated carbocycles. The van der Waals surface area contributed by atoms with Crippen LogP contribution in [0.2, 0.25) is 0 Å². The van der Waals surface area contributed by atoms with Gasteiger partial charge in [-0.1, -0.05) is 0 Å². The van der Waals surface area contributed by atoms with Gasteiger partial charge in [0, 0.05) is 11.3 Å². The molecule has 3 nitrogen and oxygen atoms in total. The lowest BCUT2D eigenvalue weighted by atomic mass is 10.1. The number of aromatic nitrogens is 2. The quantitative estimate of drug-likeness (QED) is 0.648. The Morgan fingerprint density at radius 1 is 1.31 bits per heavy atom. The fraction of sp³-hybridized carbons (Fsp3) is 0.100. The van der Waals surface area contributed by atoms with Gasteiger partial charge in [0.25, 0.3) is 0 Å². The number of aromatic amines is 1. The molecule has 1 aromatic heterocycles. The van der Waals surface area contributed by atoms with Gasteiger partial charge in [0.1, 0.15) is 0 Å². The third-order valence-electron chi connectivity index (χ3n) is 1.91. The van der Waals surface area contributed by atoms with Crippen molar-refractivity contribution in [1.29, 1.82) is 0 Å². The van der Waals surface area contributed by atoms with Gasteiger partial charge in [-0.2, -0.15) is 0 Å². The van der Waals surface area contributed by atoms with Crippen molar-refractivity contribution < 1.29 is 0 Å². The number of benzene rings is 1. The monoisotopic (exact) mass is 173 g/mol. The smallest absolute Gasteiger partial charge is 0.0924 e. The highest BCUT2D eigenvalue weighted by atomic mass is 14.9. The molecule has 2 rings (SSSR count). The molecule has 3 N–H and O–H groups in total. The summed E-state index contributed by atoms with van der Waals surface area (Å²) in [7, 11) is 0. The molecular formula is C10H11N3. The summed E-state index contributed by atoms with van der Waals surface area (Å²) in [6.07, 6.45) is 3.45. The second kappa shape index (κ2) is 2.94. The van der Waals surface area contributed by atoms with E-state index in [0.717, 1.165) is 22.5 Å². The van der Waals surface area contributed by atoms with Crippen molar-refractivity contribution in [2.75, 3.05) is 5.73 Å². The Morgan fingerprint density at radius 2 is 2.15 bits per heavy atom. The van der Waals surface area contributed by atoms with Gasteiger partial charge in [-0.05, 0) is 30.7 Å². The number of rotatable bonds is 1. The average Bonchev–Trinajstić information content (AvgIpc) is 2.53. The predicted molar refractivity (Wildman–Crippen MR) is 53.2 cm³/mol. The van der Waals surface area contributed by atoms with E-state index in [4.69, 9.17) is 5.73 Å². The number of nitrogens with two attached hydrogens (primary N) is 1. The van der Waals surface area contributed by atoms with Crippen LogP contribution in [0.1, 0.15) is 5.56 Å². The van der Waals surface area contributed by atoms with Crippen molar-refractivity contribution in [2.24, 2.45) is 0 Å². The van der Waals surface area contributed by atoms with Crippen LogP contribution in [-0.4, -0.2) is 9.97 Å². The minimum atomic E-state index is 0.782. The number of nitrogens with zero attached hydrogens (tertiary/aromatic N) is 1. The highest BCUT2D eigenvalue weighted by Gasteiger charge is 1.99. The van der Waals surface area contributed by atoms with Crippen LogP contribution in [0.15, 0.2) is 30.7 Å². The third-order valence-corrected chi connectivity index (χ3v) is 1.91. The van der Waals surface area contributed by atoms with Crippen molar-refractivity contribution in [1.82, 2.24) is 9.97 Å². The molecule has 0 aliphatic heterocycles. The van der Waals surface area contributed by atoms with Crippen molar-refractivity contribution in [3.05, 3.63) is 36.3 Å². The highest BCUT2D eigenvalue weighted by Crippen LogP contribution is 2.20. The van der Waals surface area contributed by atoms with E-state index >= 15 is 0 Å². The molecule has 13 heavy (non-hydrogen) atoms. The number of aryl methyl sites for hydroxylation is 1. The second-order valence-electron chi connectivity index (χ2n) is 3.10.